The summed E-state index contributed by atoms with van der Waals surface area (Å²) in [4.78, 5) is 40.1. The highest BCUT2D eigenvalue weighted by Gasteiger charge is 2.43. The summed E-state index contributed by atoms with van der Waals surface area (Å²) < 4.78 is 5.41. The molecule has 0 bridgehead atoms. The van der Waals surface area contributed by atoms with E-state index >= 15 is 0 Å². The Hall–Kier alpha value is -4.41. The predicted molar refractivity (Wildman–Crippen MR) is 120 cm³/mol. The number of guanidine groups is 1. The van der Waals surface area contributed by atoms with Crippen LogP contribution in [0.4, 0.5) is 5.69 Å². The van der Waals surface area contributed by atoms with Crippen molar-refractivity contribution in [2.75, 3.05) is 5.32 Å². The van der Waals surface area contributed by atoms with Crippen LogP contribution < -0.4 is 11.1 Å². The van der Waals surface area contributed by atoms with Crippen molar-refractivity contribution in [2.45, 2.75) is 31.8 Å². The molecule has 6 N–H and O–H groups in total. The summed E-state index contributed by atoms with van der Waals surface area (Å²) in [6.07, 6.45) is 3.26. The number of rotatable bonds is 10. The molecule has 0 aliphatic carbocycles. The third kappa shape index (κ3) is 7.35. The van der Waals surface area contributed by atoms with Crippen LogP contribution in [0.3, 0.4) is 0 Å². The molecule has 0 radical (unpaired) electrons. The van der Waals surface area contributed by atoms with Gasteiger partial charge in [-0.3, -0.25) is 15.0 Å². The number of nitrogens with one attached hydrogen (secondary N) is 2. The van der Waals surface area contributed by atoms with Gasteiger partial charge in [0.25, 0.3) is 0 Å². The number of ether oxygens (including phenoxy) is 1. The fraction of sp³-hybridized carbons (Fsp3) is 0.227. The maximum Gasteiger partial charge on any atom is 0.343 e. The lowest BCUT2D eigenvalue weighted by Crippen LogP contribution is -2.35. The normalized spacial score (nSPS) is 15.1. The maximum absolute atomic E-state index is 12.5. The smallest absolute Gasteiger partial charge is 0.343 e. The number of hydrogen-bond donors (Lipinski definition) is 5. The lowest BCUT2D eigenvalue weighted by atomic mass is 9.88. The van der Waals surface area contributed by atoms with Gasteiger partial charge in [-0.15, -0.1) is 0 Å². The van der Waals surface area contributed by atoms with Gasteiger partial charge in [-0.25, -0.2) is 4.79 Å². The van der Waals surface area contributed by atoms with Gasteiger partial charge < -0.3 is 30.8 Å². The van der Waals surface area contributed by atoms with Crippen molar-refractivity contribution in [3.8, 4) is 0 Å². The first-order valence-corrected chi connectivity index (χ1v) is 9.67. The average molecular weight is 456 g/mol. The van der Waals surface area contributed by atoms with E-state index in [4.69, 9.17) is 30.9 Å². The summed E-state index contributed by atoms with van der Waals surface area (Å²) in [6, 6.07) is 6.11. The van der Waals surface area contributed by atoms with Crippen molar-refractivity contribution in [1.29, 1.82) is 5.41 Å². The fourth-order valence-electron chi connectivity index (χ4n) is 3.07. The third-order valence-electron chi connectivity index (χ3n) is 4.49. The molecular weight excluding hydrogens is 432 g/mol. The van der Waals surface area contributed by atoms with Crippen molar-refractivity contribution in [2.24, 2.45) is 10.9 Å². The Labute approximate surface area is 189 Å². The minimum atomic E-state index is -1.49. The fourth-order valence-corrected chi connectivity index (χ4v) is 3.07. The summed E-state index contributed by atoms with van der Waals surface area (Å²) in [5.41, 5.74) is 5.38. The molecule has 0 spiro atoms. The molecule has 1 aromatic carbocycles. The van der Waals surface area contributed by atoms with Gasteiger partial charge in [0, 0.05) is 12.1 Å². The van der Waals surface area contributed by atoms with Crippen LogP contribution in [-0.2, 0) is 19.2 Å². The van der Waals surface area contributed by atoms with Gasteiger partial charge in [0.2, 0.25) is 0 Å². The summed E-state index contributed by atoms with van der Waals surface area (Å²) in [5.74, 6) is -3.18. The highest BCUT2D eigenvalue weighted by molar-refractivity contribution is 6.02. The van der Waals surface area contributed by atoms with Gasteiger partial charge in [0.15, 0.2) is 11.6 Å². The molecule has 174 valence electrons. The van der Waals surface area contributed by atoms with E-state index in [0.717, 1.165) is 0 Å². The number of carboxylic acid groups (broad SMARTS) is 2. The van der Waals surface area contributed by atoms with Crippen LogP contribution in [0, 0.1) is 5.41 Å². The second kappa shape index (κ2) is 10.8. The molecule has 0 saturated carbocycles. The van der Waals surface area contributed by atoms with E-state index in [-0.39, 0.29) is 23.7 Å². The Morgan fingerprint density at radius 3 is 2.39 bits per heavy atom. The van der Waals surface area contributed by atoms with E-state index < -0.39 is 36.4 Å². The van der Waals surface area contributed by atoms with Crippen LogP contribution in [0.15, 0.2) is 65.6 Å². The zero-order valence-electron chi connectivity index (χ0n) is 17.8. The summed E-state index contributed by atoms with van der Waals surface area (Å²) in [7, 11) is 0. The highest BCUT2D eigenvalue weighted by Crippen LogP contribution is 2.33. The van der Waals surface area contributed by atoms with Crippen molar-refractivity contribution < 1.29 is 34.2 Å². The van der Waals surface area contributed by atoms with Gasteiger partial charge in [-0.2, -0.15) is 0 Å². The Balaban J connectivity index is 2.15. The molecule has 1 aliphatic rings. The molecule has 11 nitrogen and oxygen atoms in total. The third-order valence-corrected chi connectivity index (χ3v) is 4.49. The number of hydrogen-bond acceptors (Lipinski definition) is 7. The minimum Gasteiger partial charge on any atom is -0.481 e. The number of benzene rings is 1. The van der Waals surface area contributed by atoms with E-state index in [1.54, 1.807) is 19.1 Å². The zero-order valence-corrected chi connectivity index (χ0v) is 17.8. The maximum atomic E-state index is 12.5. The molecule has 1 heterocycles. The Morgan fingerprint density at radius 2 is 1.88 bits per heavy atom. The molecular formula is C22H24N4O7. The number of aliphatic carboxylic acids is 2. The molecule has 0 unspecified atom stereocenters. The largest absolute Gasteiger partial charge is 0.481 e. The average Bonchev–Trinajstić information content (AvgIpc) is 3.10. The molecule has 0 aromatic heterocycles. The summed E-state index contributed by atoms with van der Waals surface area (Å²) in [5, 5.41) is 31.9. The molecule has 0 amide bonds. The van der Waals surface area contributed by atoms with Crippen LogP contribution in [0.25, 0.3) is 0 Å². The summed E-state index contributed by atoms with van der Waals surface area (Å²) >= 11 is 0. The second-order valence-corrected chi connectivity index (χ2v) is 7.27. The molecule has 1 aromatic rings. The van der Waals surface area contributed by atoms with Gasteiger partial charge in [-0.05, 0) is 48.9 Å². The monoisotopic (exact) mass is 456 g/mol. The Kier molecular flexibility index (Phi) is 8.10. The Morgan fingerprint density at radius 1 is 1.27 bits per heavy atom. The first-order valence-electron chi connectivity index (χ1n) is 9.67. The first kappa shape index (κ1) is 24.9. The quantitative estimate of drug-likeness (QED) is 0.116. The van der Waals surface area contributed by atoms with Crippen LogP contribution in [0.2, 0.25) is 0 Å². The van der Waals surface area contributed by atoms with E-state index in [1.807, 2.05) is 0 Å². The lowest BCUT2D eigenvalue weighted by Gasteiger charge is -2.22. The van der Waals surface area contributed by atoms with Gasteiger partial charge in [0.1, 0.15) is 5.76 Å². The van der Waals surface area contributed by atoms with Crippen LogP contribution in [-0.4, -0.2) is 45.4 Å². The minimum absolute atomic E-state index is 0.0339. The molecule has 11 heteroatoms. The SMILES string of the molecule is C=C/C=C(\C=C(/C)C1=NOC(CC(=O)O)(CC(=O)O)C1)OC(=O)c1ccc(NC(=N)N)cc1. The van der Waals surface area contributed by atoms with Crippen LogP contribution in [0.5, 0.6) is 0 Å². The summed E-state index contributed by atoms with van der Waals surface area (Å²) in [6.45, 7) is 5.24. The molecule has 0 saturated heterocycles. The molecule has 2 rings (SSSR count). The standard InChI is InChI=1S/C22H24N4O7/c1-3-4-16(32-20(31)14-5-7-15(8-6-14)25-21(23)24)9-13(2)17-10-22(33-26-17,11-18(27)28)12-19(29)30/h3-9H,1,10-12H2,2H3,(H,27,28)(H,29,30)(H4,23,24,25)/b13-9+,16-4+. The number of nitrogens with zero attached hydrogens (tertiary/aromatic N) is 1. The molecule has 33 heavy (non-hydrogen) atoms. The van der Waals surface area contributed by atoms with E-state index in [9.17, 15) is 14.4 Å². The zero-order chi connectivity index (χ0) is 24.6. The van der Waals surface area contributed by atoms with Crippen molar-refractivity contribution >= 4 is 35.3 Å². The van der Waals surface area contributed by atoms with E-state index in [2.05, 4.69) is 17.1 Å². The first-order chi connectivity index (χ1) is 15.5. The van der Waals surface area contributed by atoms with Crippen molar-refractivity contribution in [1.82, 2.24) is 0 Å². The van der Waals surface area contributed by atoms with E-state index in [0.29, 0.717) is 17.0 Å². The molecule has 0 atom stereocenters. The highest BCUT2D eigenvalue weighted by atomic mass is 16.7. The van der Waals surface area contributed by atoms with Gasteiger partial charge in [-0.1, -0.05) is 17.8 Å². The number of anilines is 1. The van der Waals surface area contributed by atoms with Gasteiger partial charge >= 0.3 is 17.9 Å². The van der Waals surface area contributed by atoms with Crippen LogP contribution in [0.1, 0.15) is 36.5 Å². The number of oxime groups is 1. The van der Waals surface area contributed by atoms with Crippen molar-refractivity contribution in [3.63, 3.8) is 0 Å². The molecule has 0 fully saturated rings. The van der Waals surface area contributed by atoms with Crippen LogP contribution >= 0.6 is 0 Å². The predicted octanol–water partition coefficient (Wildman–Crippen LogP) is 2.63. The number of carbonyl (C=O) groups is 3. The number of carboxylic acids is 2. The number of carbonyl (C=O) groups excluding carboxylic acids is 1. The van der Waals surface area contributed by atoms with E-state index in [1.165, 1.54) is 30.4 Å². The van der Waals surface area contributed by atoms with Crippen molar-refractivity contribution in [3.05, 3.63) is 66.0 Å². The second-order valence-electron chi connectivity index (χ2n) is 7.27. The van der Waals surface area contributed by atoms with Gasteiger partial charge in [0.05, 0.1) is 24.1 Å². The Bertz CT molecular complexity index is 1040. The lowest BCUT2D eigenvalue weighted by molar-refractivity contribution is -0.151. The number of esters is 1. The number of allylic oxidation sites excluding steroid dienone is 4. The number of nitrogens with two attached hydrogens (primary N) is 1. The topological polar surface area (TPSA) is 184 Å². The molecule has 1 aliphatic heterocycles.